The van der Waals surface area contributed by atoms with E-state index in [0.717, 1.165) is 23.1 Å². The molecule has 7 nitrogen and oxygen atoms in total. The molecule has 0 unspecified atom stereocenters. The molecular weight excluding hydrogens is 436 g/mol. The minimum Gasteiger partial charge on any atom is -0.493 e. The third-order valence-corrected chi connectivity index (χ3v) is 10.4. The second kappa shape index (κ2) is 7.99. The Bertz CT molecular complexity index is 1020. The Kier molecular flexibility index (Phi) is 5.45. The number of fused-ring (bicyclic) bond motifs is 3. The number of hydrogen-bond donors (Lipinski definition) is 0. The summed E-state index contributed by atoms with van der Waals surface area (Å²) < 4.78 is 35.2. The van der Waals surface area contributed by atoms with Gasteiger partial charge in [0.05, 0.1) is 38.2 Å². The zero-order valence-corrected chi connectivity index (χ0v) is 19.5. The van der Waals surface area contributed by atoms with Crippen LogP contribution >= 0.6 is 11.8 Å². The molecule has 2 saturated carbocycles. The van der Waals surface area contributed by atoms with E-state index in [-0.39, 0.29) is 35.1 Å². The highest BCUT2D eigenvalue weighted by Gasteiger charge is 2.54. The van der Waals surface area contributed by atoms with Gasteiger partial charge in [0, 0.05) is 11.3 Å². The Morgan fingerprint density at radius 2 is 1.94 bits per heavy atom. The van der Waals surface area contributed by atoms with E-state index >= 15 is 0 Å². The van der Waals surface area contributed by atoms with Crippen LogP contribution in [0.25, 0.3) is 0 Å². The second-order valence-corrected chi connectivity index (χ2v) is 12.5. The fraction of sp³-hybridized carbons (Fsp3) is 0.636. The number of benzene rings is 1. The molecule has 9 heteroatoms. The fourth-order valence-electron chi connectivity index (χ4n) is 5.84. The minimum absolute atomic E-state index is 0.0169. The molecule has 2 aliphatic heterocycles. The smallest absolute Gasteiger partial charge is 0.252 e. The third kappa shape index (κ3) is 3.95. The Labute approximate surface area is 187 Å². The number of aliphatic imine (C=N–C) groups is 1. The predicted molar refractivity (Wildman–Crippen MR) is 121 cm³/mol. The summed E-state index contributed by atoms with van der Waals surface area (Å²) in [5.41, 5.74) is 0.809. The van der Waals surface area contributed by atoms with Gasteiger partial charge in [-0.1, -0.05) is 24.2 Å². The second-order valence-electron chi connectivity index (χ2n) is 9.10. The molecule has 0 spiro atoms. The third-order valence-electron chi connectivity index (χ3n) is 7.19. The van der Waals surface area contributed by atoms with Crippen LogP contribution in [-0.2, 0) is 21.1 Å². The molecule has 4 aliphatic rings. The van der Waals surface area contributed by atoms with Crippen LogP contribution in [0.15, 0.2) is 23.2 Å². The van der Waals surface area contributed by atoms with Gasteiger partial charge < -0.3 is 14.4 Å². The van der Waals surface area contributed by atoms with E-state index in [4.69, 9.17) is 9.47 Å². The van der Waals surface area contributed by atoms with Crippen LogP contribution in [0.3, 0.4) is 0 Å². The molecule has 168 valence electrons. The highest BCUT2D eigenvalue weighted by atomic mass is 32.2. The van der Waals surface area contributed by atoms with Crippen molar-refractivity contribution in [1.29, 1.82) is 0 Å². The summed E-state index contributed by atoms with van der Waals surface area (Å²) in [5, 5.41) is 0.713. The zero-order chi connectivity index (χ0) is 21.8. The summed E-state index contributed by atoms with van der Waals surface area (Å²) >= 11 is 1.49. The lowest BCUT2D eigenvalue weighted by Crippen LogP contribution is -2.47. The zero-order valence-electron chi connectivity index (χ0n) is 17.8. The highest BCUT2D eigenvalue weighted by Crippen LogP contribution is 2.51. The van der Waals surface area contributed by atoms with Crippen LogP contribution in [0.1, 0.15) is 31.2 Å². The van der Waals surface area contributed by atoms with E-state index in [0.29, 0.717) is 23.5 Å². The van der Waals surface area contributed by atoms with E-state index in [1.165, 1.54) is 31.0 Å². The average Bonchev–Trinajstić information content (AvgIpc) is 3.47. The lowest BCUT2D eigenvalue weighted by Gasteiger charge is -2.36. The molecule has 5 rings (SSSR count). The molecular formula is C22H28N2O5S2. The number of amidine groups is 1. The summed E-state index contributed by atoms with van der Waals surface area (Å²) in [4.78, 5) is 19.6. The van der Waals surface area contributed by atoms with Crippen molar-refractivity contribution in [3.8, 4) is 11.5 Å². The number of rotatable bonds is 5. The Morgan fingerprint density at radius 3 is 2.61 bits per heavy atom. The number of ether oxygens (including phenoxy) is 2. The van der Waals surface area contributed by atoms with Gasteiger partial charge in [0.25, 0.3) is 5.91 Å². The van der Waals surface area contributed by atoms with Crippen LogP contribution in [0, 0.1) is 11.8 Å². The van der Waals surface area contributed by atoms with Crippen molar-refractivity contribution in [3.05, 3.63) is 23.8 Å². The summed E-state index contributed by atoms with van der Waals surface area (Å²) in [6.45, 7) is 0. The number of carbonyl (C=O) groups is 1. The van der Waals surface area contributed by atoms with Crippen LogP contribution in [-0.4, -0.2) is 67.5 Å². The van der Waals surface area contributed by atoms with Gasteiger partial charge in [-0.2, -0.15) is 4.99 Å². The normalized spacial score (nSPS) is 34.3. The van der Waals surface area contributed by atoms with Crippen molar-refractivity contribution in [1.82, 2.24) is 4.90 Å². The number of sulfone groups is 1. The topological polar surface area (TPSA) is 85.3 Å². The molecule has 2 saturated heterocycles. The van der Waals surface area contributed by atoms with Crippen LogP contribution in [0.2, 0.25) is 0 Å². The summed E-state index contributed by atoms with van der Waals surface area (Å²) in [6.07, 6.45) is 4.97. The van der Waals surface area contributed by atoms with E-state index < -0.39 is 9.84 Å². The molecule has 1 amide bonds. The number of thioether (sulfide) groups is 1. The molecule has 4 fully saturated rings. The number of carbonyl (C=O) groups excluding carboxylic acids is 1. The van der Waals surface area contributed by atoms with Gasteiger partial charge >= 0.3 is 0 Å². The molecule has 2 bridgehead atoms. The summed E-state index contributed by atoms with van der Waals surface area (Å²) in [7, 11) is 0.121. The number of hydrogen-bond acceptors (Lipinski definition) is 6. The quantitative estimate of drug-likeness (QED) is 0.662. The Balaban J connectivity index is 1.38. The standard InChI is InChI=1S/C22H28N2O5S2/c1-28-18-6-4-14(9-19(18)29-2)10-21(25)23-22-24(16-8-13-3-5-15(16)7-13)17-11-31(26,27)12-20(17)30-22/h4,6,9,13,15-17,20H,3,5,7-8,10-12H2,1-2H3/t13-,15-,16-,17+,20+/m1/s1. The van der Waals surface area contributed by atoms with Gasteiger partial charge in [-0.3, -0.25) is 4.79 Å². The first-order valence-electron chi connectivity index (χ1n) is 10.8. The van der Waals surface area contributed by atoms with Gasteiger partial charge in [-0.15, -0.1) is 0 Å². The van der Waals surface area contributed by atoms with Gasteiger partial charge in [-0.05, 0) is 48.8 Å². The average molecular weight is 465 g/mol. The van der Waals surface area contributed by atoms with Gasteiger partial charge in [0.2, 0.25) is 0 Å². The number of nitrogens with zero attached hydrogens (tertiary/aromatic N) is 2. The molecule has 5 atom stereocenters. The number of methoxy groups -OCH3 is 2. The van der Waals surface area contributed by atoms with Gasteiger partial charge in [0.1, 0.15) is 0 Å². The molecule has 1 aromatic rings. The van der Waals surface area contributed by atoms with Crippen molar-refractivity contribution < 1.29 is 22.7 Å². The Hall–Kier alpha value is -1.74. The SMILES string of the molecule is COc1ccc(CC(=O)N=C2S[C@H]3CS(=O)(=O)C[C@@H]3N2[C@@H]2C[C@@H]3CC[C@@H]2C3)cc1OC. The lowest BCUT2D eigenvalue weighted by molar-refractivity contribution is -0.117. The van der Waals surface area contributed by atoms with Crippen LogP contribution in [0.4, 0.5) is 0 Å². The van der Waals surface area contributed by atoms with Gasteiger partial charge in [-0.25, -0.2) is 8.42 Å². The molecule has 31 heavy (non-hydrogen) atoms. The Morgan fingerprint density at radius 1 is 1.13 bits per heavy atom. The van der Waals surface area contributed by atoms with Crippen molar-refractivity contribution in [2.45, 2.75) is 49.4 Å². The van der Waals surface area contributed by atoms with Crippen molar-refractivity contribution in [3.63, 3.8) is 0 Å². The fourth-order valence-corrected chi connectivity index (χ4v) is 9.83. The molecule has 0 N–H and O–H groups in total. The predicted octanol–water partition coefficient (Wildman–Crippen LogP) is 2.53. The molecule has 1 aromatic carbocycles. The largest absolute Gasteiger partial charge is 0.493 e. The molecule has 0 radical (unpaired) electrons. The monoisotopic (exact) mass is 464 g/mol. The van der Waals surface area contributed by atoms with Crippen molar-refractivity contribution in [2.24, 2.45) is 16.8 Å². The maximum atomic E-state index is 12.9. The molecule has 0 aromatic heterocycles. The maximum absolute atomic E-state index is 12.9. The summed E-state index contributed by atoms with van der Waals surface area (Å²) in [5.74, 6) is 2.68. The molecule has 2 aliphatic carbocycles. The van der Waals surface area contributed by atoms with Gasteiger partial charge in [0.15, 0.2) is 26.5 Å². The van der Waals surface area contributed by atoms with E-state index in [9.17, 15) is 13.2 Å². The summed E-state index contributed by atoms with van der Waals surface area (Å²) in [6, 6.07) is 5.70. The first-order valence-corrected chi connectivity index (χ1v) is 13.5. The van der Waals surface area contributed by atoms with Crippen LogP contribution < -0.4 is 9.47 Å². The maximum Gasteiger partial charge on any atom is 0.252 e. The highest BCUT2D eigenvalue weighted by molar-refractivity contribution is 8.15. The first-order chi connectivity index (χ1) is 14.9. The number of amides is 1. The van der Waals surface area contributed by atoms with E-state index in [1.54, 1.807) is 26.4 Å². The van der Waals surface area contributed by atoms with Crippen molar-refractivity contribution >= 4 is 32.7 Å². The van der Waals surface area contributed by atoms with E-state index in [2.05, 4.69) is 9.89 Å². The van der Waals surface area contributed by atoms with Crippen LogP contribution in [0.5, 0.6) is 11.5 Å². The lowest BCUT2D eigenvalue weighted by atomic mass is 9.93. The minimum atomic E-state index is -3.02. The van der Waals surface area contributed by atoms with E-state index in [1.807, 2.05) is 6.07 Å². The first kappa shape index (κ1) is 21.1. The van der Waals surface area contributed by atoms with Crippen molar-refractivity contribution in [2.75, 3.05) is 25.7 Å². The molecule has 2 heterocycles.